The SMILES string of the molecule is C[C@H]1CC[C@H](C(=O)N2CC3(CC3)N(C(=O)C(F)(F)F)C[C@@H]2C)N1. The number of hydrogen-bond donors (Lipinski definition) is 1. The third-order valence-corrected chi connectivity index (χ3v) is 5.29. The lowest BCUT2D eigenvalue weighted by Gasteiger charge is -2.46. The third-order valence-electron chi connectivity index (χ3n) is 5.29. The summed E-state index contributed by atoms with van der Waals surface area (Å²) in [6.07, 6.45) is -2.13. The zero-order valence-electron chi connectivity index (χ0n) is 13.3. The molecule has 1 N–H and O–H groups in total. The number of amides is 2. The summed E-state index contributed by atoms with van der Waals surface area (Å²) in [7, 11) is 0. The molecule has 0 bridgehead atoms. The van der Waals surface area contributed by atoms with E-state index in [0.29, 0.717) is 12.8 Å². The largest absolute Gasteiger partial charge is 0.471 e. The second-order valence-corrected chi connectivity index (χ2v) is 7.15. The van der Waals surface area contributed by atoms with E-state index in [9.17, 15) is 22.8 Å². The van der Waals surface area contributed by atoms with Crippen LogP contribution in [-0.2, 0) is 9.59 Å². The van der Waals surface area contributed by atoms with E-state index in [2.05, 4.69) is 5.32 Å². The lowest BCUT2D eigenvalue weighted by molar-refractivity contribution is -0.193. The van der Waals surface area contributed by atoms with Crippen LogP contribution in [0.3, 0.4) is 0 Å². The van der Waals surface area contributed by atoms with Gasteiger partial charge in [-0.3, -0.25) is 9.59 Å². The highest BCUT2D eigenvalue weighted by molar-refractivity contribution is 5.85. The number of hydrogen-bond acceptors (Lipinski definition) is 3. The Hall–Kier alpha value is -1.31. The van der Waals surface area contributed by atoms with E-state index in [0.717, 1.165) is 17.7 Å². The van der Waals surface area contributed by atoms with Crippen LogP contribution in [0.5, 0.6) is 0 Å². The molecule has 0 aromatic heterocycles. The Morgan fingerprint density at radius 1 is 1.17 bits per heavy atom. The molecule has 3 rings (SSSR count). The van der Waals surface area contributed by atoms with Crippen LogP contribution in [0.4, 0.5) is 13.2 Å². The summed E-state index contributed by atoms with van der Waals surface area (Å²) in [4.78, 5) is 27.0. The van der Waals surface area contributed by atoms with Crippen molar-refractivity contribution < 1.29 is 22.8 Å². The fourth-order valence-electron chi connectivity index (χ4n) is 3.76. The van der Waals surface area contributed by atoms with Crippen molar-refractivity contribution in [1.82, 2.24) is 15.1 Å². The lowest BCUT2D eigenvalue weighted by Crippen LogP contribution is -2.65. The van der Waals surface area contributed by atoms with Crippen LogP contribution in [0.1, 0.15) is 39.5 Å². The van der Waals surface area contributed by atoms with Crippen LogP contribution in [0, 0.1) is 0 Å². The number of nitrogens with zero attached hydrogens (tertiary/aromatic N) is 2. The Morgan fingerprint density at radius 3 is 2.30 bits per heavy atom. The molecular weight excluding hydrogens is 311 g/mol. The van der Waals surface area contributed by atoms with Crippen LogP contribution >= 0.6 is 0 Å². The monoisotopic (exact) mass is 333 g/mol. The highest BCUT2D eigenvalue weighted by atomic mass is 19.4. The summed E-state index contributed by atoms with van der Waals surface area (Å²) in [6.45, 7) is 3.88. The van der Waals surface area contributed by atoms with Crippen molar-refractivity contribution in [2.75, 3.05) is 13.1 Å². The van der Waals surface area contributed by atoms with Gasteiger partial charge in [0, 0.05) is 25.2 Å². The molecule has 0 unspecified atom stereocenters. The normalized spacial score (nSPS) is 33.2. The van der Waals surface area contributed by atoms with Crippen molar-refractivity contribution >= 4 is 11.8 Å². The molecule has 2 aliphatic heterocycles. The molecule has 1 spiro atoms. The van der Waals surface area contributed by atoms with Crippen LogP contribution in [0.25, 0.3) is 0 Å². The van der Waals surface area contributed by atoms with Gasteiger partial charge in [-0.2, -0.15) is 13.2 Å². The number of nitrogens with one attached hydrogen (secondary N) is 1. The highest BCUT2D eigenvalue weighted by Gasteiger charge is 2.60. The van der Waals surface area contributed by atoms with Crippen LogP contribution in [0.2, 0.25) is 0 Å². The number of halogens is 3. The molecule has 2 heterocycles. The van der Waals surface area contributed by atoms with Gasteiger partial charge in [-0.25, -0.2) is 0 Å². The predicted molar refractivity (Wildman–Crippen MR) is 76.5 cm³/mol. The van der Waals surface area contributed by atoms with E-state index in [4.69, 9.17) is 0 Å². The fourth-order valence-corrected chi connectivity index (χ4v) is 3.76. The Labute approximate surface area is 133 Å². The zero-order chi connectivity index (χ0) is 17.0. The number of carbonyl (C=O) groups is 2. The fraction of sp³-hybridized carbons (Fsp3) is 0.867. The maximum Gasteiger partial charge on any atom is 0.471 e. The molecule has 23 heavy (non-hydrogen) atoms. The molecule has 0 aromatic rings. The van der Waals surface area contributed by atoms with Crippen molar-refractivity contribution in [3.8, 4) is 0 Å². The van der Waals surface area contributed by atoms with E-state index in [-0.39, 0.29) is 31.1 Å². The summed E-state index contributed by atoms with van der Waals surface area (Å²) in [5.41, 5.74) is -0.807. The first-order valence-electron chi connectivity index (χ1n) is 8.09. The maximum atomic E-state index is 12.8. The summed E-state index contributed by atoms with van der Waals surface area (Å²) in [5, 5.41) is 3.23. The summed E-state index contributed by atoms with van der Waals surface area (Å²) in [6, 6.07) is -0.381. The van der Waals surface area contributed by atoms with E-state index in [1.165, 1.54) is 0 Å². The number of alkyl halides is 3. The predicted octanol–water partition coefficient (Wildman–Crippen LogP) is 1.28. The van der Waals surface area contributed by atoms with Gasteiger partial charge in [-0.15, -0.1) is 0 Å². The van der Waals surface area contributed by atoms with Gasteiger partial charge in [-0.05, 0) is 39.5 Å². The van der Waals surface area contributed by atoms with E-state index < -0.39 is 23.7 Å². The van der Waals surface area contributed by atoms with Gasteiger partial charge in [0.15, 0.2) is 0 Å². The molecule has 3 aliphatic rings. The second-order valence-electron chi connectivity index (χ2n) is 7.15. The van der Waals surface area contributed by atoms with Gasteiger partial charge >= 0.3 is 12.1 Å². The molecule has 0 aromatic carbocycles. The van der Waals surface area contributed by atoms with Crippen molar-refractivity contribution in [1.29, 1.82) is 0 Å². The van der Waals surface area contributed by atoms with Gasteiger partial charge in [0.1, 0.15) is 0 Å². The first-order chi connectivity index (χ1) is 10.6. The first-order valence-corrected chi connectivity index (χ1v) is 8.09. The summed E-state index contributed by atoms with van der Waals surface area (Å²) >= 11 is 0. The van der Waals surface area contributed by atoms with Gasteiger partial charge in [-0.1, -0.05) is 0 Å². The summed E-state index contributed by atoms with van der Waals surface area (Å²) < 4.78 is 38.4. The van der Waals surface area contributed by atoms with Crippen LogP contribution < -0.4 is 5.32 Å². The Morgan fingerprint density at radius 2 is 1.83 bits per heavy atom. The average molecular weight is 333 g/mol. The van der Waals surface area contributed by atoms with Gasteiger partial charge in [0.2, 0.25) is 5.91 Å². The van der Waals surface area contributed by atoms with Gasteiger partial charge in [0.05, 0.1) is 11.6 Å². The molecule has 2 amide bonds. The van der Waals surface area contributed by atoms with Crippen LogP contribution in [-0.4, -0.2) is 64.5 Å². The van der Waals surface area contributed by atoms with Crippen molar-refractivity contribution in [2.45, 2.75) is 69.4 Å². The molecule has 2 saturated heterocycles. The zero-order valence-corrected chi connectivity index (χ0v) is 13.3. The average Bonchev–Trinajstić information content (AvgIpc) is 3.10. The molecule has 1 saturated carbocycles. The number of piperazine rings is 1. The molecule has 0 radical (unpaired) electrons. The minimum absolute atomic E-state index is 0.0489. The van der Waals surface area contributed by atoms with E-state index >= 15 is 0 Å². The maximum absolute atomic E-state index is 12.8. The number of rotatable bonds is 1. The van der Waals surface area contributed by atoms with Crippen molar-refractivity contribution in [3.63, 3.8) is 0 Å². The second kappa shape index (κ2) is 5.36. The Balaban J connectivity index is 1.73. The summed E-state index contributed by atoms with van der Waals surface area (Å²) in [5.74, 6) is -1.83. The molecule has 1 aliphatic carbocycles. The van der Waals surface area contributed by atoms with Gasteiger partial charge in [0.25, 0.3) is 0 Å². The Kier molecular flexibility index (Phi) is 3.85. The third kappa shape index (κ3) is 2.93. The van der Waals surface area contributed by atoms with E-state index in [1.54, 1.807) is 11.8 Å². The topological polar surface area (TPSA) is 52.7 Å². The minimum Gasteiger partial charge on any atom is -0.335 e. The standard InChI is InChI=1S/C15H22F3N3O2/c1-9-3-4-11(19-9)12(22)20-8-14(5-6-14)21(7-10(20)2)13(23)15(16,17)18/h9-11,19H,3-8H2,1-2H3/t9-,10-,11+/m0/s1. The minimum atomic E-state index is -4.86. The molecule has 3 atom stereocenters. The lowest BCUT2D eigenvalue weighted by atomic mass is 10.0. The first kappa shape index (κ1) is 16.5. The smallest absolute Gasteiger partial charge is 0.335 e. The van der Waals surface area contributed by atoms with Crippen molar-refractivity contribution in [2.24, 2.45) is 0 Å². The molecule has 8 heteroatoms. The van der Waals surface area contributed by atoms with Gasteiger partial charge < -0.3 is 15.1 Å². The van der Waals surface area contributed by atoms with E-state index in [1.807, 2.05) is 6.92 Å². The molecule has 130 valence electrons. The molecule has 3 fully saturated rings. The molecule has 5 nitrogen and oxygen atoms in total. The quantitative estimate of drug-likeness (QED) is 0.787. The van der Waals surface area contributed by atoms with Crippen LogP contribution in [0.15, 0.2) is 0 Å². The molecular formula is C15H22F3N3O2. The van der Waals surface area contributed by atoms with Crippen molar-refractivity contribution in [3.05, 3.63) is 0 Å². The Bertz CT molecular complexity index is 519. The highest BCUT2D eigenvalue weighted by Crippen LogP contribution is 2.47. The number of carbonyl (C=O) groups excluding carboxylic acids is 2.